The molecule has 3 rings (SSSR count). The van der Waals surface area contributed by atoms with Gasteiger partial charge in [-0.25, -0.2) is 4.68 Å². The van der Waals surface area contributed by atoms with E-state index >= 15 is 0 Å². The van der Waals surface area contributed by atoms with E-state index in [4.69, 9.17) is 11.6 Å². The first kappa shape index (κ1) is 10.9. The lowest BCUT2D eigenvalue weighted by atomic mass is 10.2. The van der Waals surface area contributed by atoms with Crippen molar-refractivity contribution in [2.45, 2.75) is 0 Å². The number of benzene rings is 2. The molecule has 0 radical (unpaired) electrons. The van der Waals surface area contributed by atoms with E-state index in [9.17, 15) is 10.2 Å². The number of hydrogen-bond donors (Lipinski definition) is 2. The summed E-state index contributed by atoms with van der Waals surface area (Å²) in [5, 5.41) is 24.3. The molecule has 0 atom stereocenters. The Hall–Kier alpha value is -2.20. The first-order valence-corrected chi connectivity index (χ1v) is 5.69. The van der Waals surface area contributed by atoms with Crippen LogP contribution < -0.4 is 0 Å². The van der Waals surface area contributed by atoms with Gasteiger partial charge in [0.1, 0.15) is 11.5 Å². The Morgan fingerprint density at radius 1 is 1.06 bits per heavy atom. The summed E-state index contributed by atoms with van der Waals surface area (Å²) in [4.78, 5) is 0. The number of fused-ring (bicyclic) bond motifs is 1. The molecule has 2 N–H and O–H groups in total. The van der Waals surface area contributed by atoms with Gasteiger partial charge in [0.25, 0.3) is 0 Å². The maximum absolute atomic E-state index is 9.71. The predicted octanol–water partition coefficient (Wildman–Crippen LogP) is 3.09. The fourth-order valence-electron chi connectivity index (χ4n) is 1.87. The van der Waals surface area contributed by atoms with Gasteiger partial charge in [0.05, 0.1) is 27.8 Å². The van der Waals surface area contributed by atoms with Gasteiger partial charge in [-0.1, -0.05) is 17.7 Å². The van der Waals surface area contributed by atoms with Gasteiger partial charge in [-0.15, -0.1) is 0 Å². The van der Waals surface area contributed by atoms with E-state index in [1.54, 1.807) is 35.1 Å². The molecule has 0 unspecified atom stereocenters. The summed E-state index contributed by atoms with van der Waals surface area (Å²) < 4.78 is 1.65. The average molecular weight is 261 g/mol. The molecule has 0 spiro atoms. The summed E-state index contributed by atoms with van der Waals surface area (Å²) in [6.45, 7) is 0. The Balaban J connectivity index is 2.25. The Morgan fingerprint density at radius 3 is 2.67 bits per heavy atom. The number of phenolic OH excluding ortho intramolecular Hbond substituents is 2. The second-order valence-corrected chi connectivity index (χ2v) is 4.31. The summed E-state index contributed by atoms with van der Waals surface area (Å²) in [5.41, 5.74) is 1.50. The molecule has 18 heavy (non-hydrogen) atoms. The van der Waals surface area contributed by atoms with Crippen LogP contribution in [0, 0.1) is 0 Å². The number of aromatic nitrogens is 2. The first-order chi connectivity index (χ1) is 8.66. The molecule has 1 heterocycles. The zero-order chi connectivity index (χ0) is 12.7. The van der Waals surface area contributed by atoms with Crippen molar-refractivity contribution < 1.29 is 10.2 Å². The highest BCUT2D eigenvalue weighted by molar-refractivity contribution is 6.32. The highest BCUT2D eigenvalue weighted by Gasteiger charge is 2.09. The van der Waals surface area contributed by atoms with E-state index in [0.29, 0.717) is 5.39 Å². The van der Waals surface area contributed by atoms with Crippen LogP contribution in [0.3, 0.4) is 0 Å². The van der Waals surface area contributed by atoms with E-state index in [1.807, 2.05) is 6.07 Å². The number of phenols is 2. The minimum absolute atomic E-state index is 0.0275. The quantitative estimate of drug-likeness (QED) is 0.707. The number of aromatic hydroxyl groups is 2. The van der Waals surface area contributed by atoms with Crippen molar-refractivity contribution in [1.82, 2.24) is 9.78 Å². The predicted molar refractivity (Wildman–Crippen MR) is 69.4 cm³/mol. The van der Waals surface area contributed by atoms with E-state index in [-0.39, 0.29) is 16.5 Å². The number of hydrogen-bond acceptors (Lipinski definition) is 3. The SMILES string of the molecule is Oc1ccc(-n2ncc3c(O)cccc32)cc1Cl. The molecule has 0 bridgehead atoms. The lowest BCUT2D eigenvalue weighted by molar-refractivity contribution is 0.475. The van der Waals surface area contributed by atoms with Gasteiger partial charge < -0.3 is 10.2 Å². The molecule has 90 valence electrons. The first-order valence-electron chi connectivity index (χ1n) is 5.31. The Kier molecular flexibility index (Phi) is 2.38. The fourth-order valence-corrected chi connectivity index (χ4v) is 2.04. The minimum atomic E-state index is 0.0275. The molecule has 5 heteroatoms. The van der Waals surface area contributed by atoms with Crippen LogP contribution in [-0.2, 0) is 0 Å². The number of rotatable bonds is 1. The summed E-state index contributed by atoms with van der Waals surface area (Å²) in [6.07, 6.45) is 1.59. The lowest BCUT2D eigenvalue weighted by Crippen LogP contribution is -1.95. The Bertz CT molecular complexity index is 737. The van der Waals surface area contributed by atoms with Gasteiger partial charge in [-0.05, 0) is 30.3 Å². The molecule has 0 amide bonds. The van der Waals surface area contributed by atoms with Crippen molar-refractivity contribution in [2.24, 2.45) is 0 Å². The molecule has 0 saturated heterocycles. The summed E-state index contributed by atoms with van der Waals surface area (Å²) in [7, 11) is 0. The highest BCUT2D eigenvalue weighted by Crippen LogP contribution is 2.29. The molecule has 4 nitrogen and oxygen atoms in total. The second kappa shape index (κ2) is 3.92. The summed E-state index contributed by atoms with van der Waals surface area (Å²) in [5.74, 6) is 0.211. The van der Waals surface area contributed by atoms with Crippen molar-refractivity contribution in [2.75, 3.05) is 0 Å². The molecular formula is C13H9ClN2O2. The Labute approximate surface area is 108 Å². The average Bonchev–Trinajstić information content (AvgIpc) is 2.78. The van der Waals surface area contributed by atoms with Gasteiger partial charge >= 0.3 is 0 Å². The molecule has 0 aliphatic heterocycles. The third-order valence-electron chi connectivity index (χ3n) is 2.77. The zero-order valence-electron chi connectivity index (χ0n) is 9.21. The summed E-state index contributed by atoms with van der Waals surface area (Å²) >= 11 is 5.87. The monoisotopic (exact) mass is 260 g/mol. The fraction of sp³-hybridized carbons (Fsp3) is 0. The van der Waals surface area contributed by atoms with Crippen LogP contribution >= 0.6 is 11.6 Å². The lowest BCUT2D eigenvalue weighted by Gasteiger charge is -2.05. The van der Waals surface area contributed by atoms with Crippen molar-refractivity contribution in [3.05, 3.63) is 47.6 Å². The van der Waals surface area contributed by atoms with Crippen LogP contribution in [0.2, 0.25) is 5.02 Å². The molecule has 1 aromatic heterocycles. The molecule has 0 saturated carbocycles. The third-order valence-corrected chi connectivity index (χ3v) is 3.07. The van der Waals surface area contributed by atoms with Crippen molar-refractivity contribution in [3.63, 3.8) is 0 Å². The highest BCUT2D eigenvalue weighted by atomic mass is 35.5. The largest absolute Gasteiger partial charge is 0.507 e. The second-order valence-electron chi connectivity index (χ2n) is 3.90. The summed E-state index contributed by atoms with van der Waals surface area (Å²) in [6, 6.07) is 10.0. The van der Waals surface area contributed by atoms with E-state index in [0.717, 1.165) is 11.2 Å². The molecule has 0 aliphatic rings. The molecule has 3 aromatic rings. The van der Waals surface area contributed by atoms with Gasteiger partial charge in [-0.3, -0.25) is 0 Å². The van der Waals surface area contributed by atoms with E-state index < -0.39 is 0 Å². The van der Waals surface area contributed by atoms with Crippen LogP contribution in [0.1, 0.15) is 0 Å². The normalized spacial score (nSPS) is 10.9. The van der Waals surface area contributed by atoms with Gasteiger partial charge in [0.2, 0.25) is 0 Å². The van der Waals surface area contributed by atoms with Crippen LogP contribution in [0.5, 0.6) is 11.5 Å². The van der Waals surface area contributed by atoms with Gasteiger partial charge in [0, 0.05) is 0 Å². The molecular weight excluding hydrogens is 252 g/mol. The standard InChI is InChI=1S/C13H9ClN2O2/c14-10-6-8(4-5-13(10)18)16-11-2-1-3-12(17)9(11)7-15-16/h1-7,17-18H. The smallest absolute Gasteiger partial charge is 0.134 e. The van der Waals surface area contributed by atoms with Crippen LogP contribution in [0.25, 0.3) is 16.6 Å². The molecule has 2 aromatic carbocycles. The molecule has 0 fully saturated rings. The zero-order valence-corrected chi connectivity index (χ0v) is 9.96. The van der Waals surface area contributed by atoms with Crippen molar-refractivity contribution >= 4 is 22.5 Å². The number of nitrogens with zero attached hydrogens (tertiary/aromatic N) is 2. The van der Waals surface area contributed by atoms with Crippen LogP contribution in [-0.4, -0.2) is 20.0 Å². The minimum Gasteiger partial charge on any atom is -0.507 e. The van der Waals surface area contributed by atoms with E-state index in [2.05, 4.69) is 5.10 Å². The van der Waals surface area contributed by atoms with E-state index in [1.165, 1.54) is 6.07 Å². The number of halogens is 1. The topological polar surface area (TPSA) is 58.3 Å². The van der Waals surface area contributed by atoms with Crippen LogP contribution in [0.4, 0.5) is 0 Å². The van der Waals surface area contributed by atoms with Crippen molar-refractivity contribution in [1.29, 1.82) is 0 Å². The van der Waals surface area contributed by atoms with Crippen LogP contribution in [0.15, 0.2) is 42.6 Å². The maximum atomic E-state index is 9.71. The van der Waals surface area contributed by atoms with Gasteiger partial charge in [0.15, 0.2) is 0 Å². The molecule has 0 aliphatic carbocycles. The Morgan fingerprint density at radius 2 is 1.89 bits per heavy atom. The van der Waals surface area contributed by atoms with Crippen molar-refractivity contribution in [3.8, 4) is 17.2 Å². The third kappa shape index (κ3) is 1.58. The van der Waals surface area contributed by atoms with Gasteiger partial charge in [-0.2, -0.15) is 5.10 Å². The maximum Gasteiger partial charge on any atom is 0.134 e.